The molecule has 0 bridgehead atoms. The Kier molecular flexibility index (Phi) is 6.66. The van der Waals surface area contributed by atoms with Crippen molar-refractivity contribution in [2.24, 2.45) is 0 Å². The minimum atomic E-state index is -0.336. The fourth-order valence-electron chi connectivity index (χ4n) is 2.93. The normalized spacial score (nSPS) is 15.3. The monoisotopic (exact) mass is 491 g/mol. The zero-order valence-corrected chi connectivity index (χ0v) is 19.1. The quantitative estimate of drug-likeness (QED) is 0.353. The fraction of sp³-hybridized carbons (Fsp3) is 0.143. The number of anilines is 1. The minimum absolute atomic E-state index is 0.183. The van der Waals surface area contributed by atoms with E-state index in [2.05, 4.69) is 10.3 Å². The molecule has 0 radical (unpaired) electrons. The number of carbonyl (C=O) groups is 2. The van der Waals surface area contributed by atoms with Crippen LogP contribution in [0.1, 0.15) is 18.4 Å². The van der Waals surface area contributed by atoms with Gasteiger partial charge in [0.25, 0.3) is 5.91 Å². The van der Waals surface area contributed by atoms with Gasteiger partial charge in [0.05, 0.1) is 15.1 Å². The van der Waals surface area contributed by atoms with Gasteiger partial charge in [-0.1, -0.05) is 59.1 Å². The second-order valence-corrected chi connectivity index (χ2v) is 9.81. The molecule has 2 aromatic carbocycles. The van der Waals surface area contributed by atoms with Gasteiger partial charge in [0.2, 0.25) is 5.91 Å². The summed E-state index contributed by atoms with van der Waals surface area (Å²) in [5.41, 5.74) is 1.49. The van der Waals surface area contributed by atoms with Crippen LogP contribution in [0.5, 0.6) is 0 Å². The van der Waals surface area contributed by atoms with Gasteiger partial charge in [-0.15, -0.1) is 0 Å². The number of hydrogen-bond acceptors (Lipinski definition) is 6. The minimum Gasteiger partial charge on any atom is -0.302 e. The number of nitrogens with one attached hydrogen (secondary N) is 1. The molecule has 158 valence electrons. The molecular formula is C21H15ClFN3O2S3. The Morgan fingerprint density at radius 2 is 2.03 bits per heavy atom. The summed E-state index contributed by atoms with van der Waals surface area (Å²) in [5.74, 6) is -0.724. The van der Waals surface area contributed by atoms with Gasteiger partial charge in [0.15, 0.2) is 5.13 Å². The highest BCUT2D eigenvalue weighted by Gasteiger charge is 2.31. The smallest absolute Gasteiger partial charge is 0.266 e. The molecule has 1 aliphatic heterocycles. The molecule has 10 heteroatoms. The number of nitrogens with zero attached hydrogens (tertiary/aromatic N) is 2. The molecular weight excluding hydrogens is 477 g/mol. The van der Waals surface area contributed by atoms with E-state index in [0.29, 0.717) is 32.3 Å². The number of hydrogen-bond donors (Lipinski definition) is 1. The maximum atomic E-state index is 13.1. The van der Waals surface area contributed by atoms with Crippen molar-refractivity contribution in [3.05, 3.63) is 63.8 Å². The van der Waals surface area contributed by atoms with Crippen LogP contribution in [0.2, 0.25) is 5.02 Å². The SMILES string of the molecule is O=C(CCCN1C(=O)/C(=C/c2ccc(F)cc2)SC1=S)Nc1nc2ccc(Cl)cc2s1. The lowest BCUT2D eigenvalue weighted by Crippen LogP contribution is -2.29. The third-order valence-corrected chi connectivity index (χ3v) is 6.97. The Balaban J connectivity index is 1.31. The number of rotatable bonds is 6. The number of fused-ring (bicyclic) bond motifs is 1. The van der Waals surface area contributed by atoms with Crippen LogP contribution in [-0.4, -0.2) is 32.6 Å². The van der Waals surface area contributed by atoms with E-state index in [-0.39, 0.29) is 24.1 Å². The molecule has 4 rings (SSSR count). The summed E-state index contributed by atoms with van der Waals surface area (Å²) >= 11 is 13.8. The zero-order valence-electron chi connectivity index (χ0n) is 15.9. The van der Waals surface area contributed by atoms with Crippen LogP contribution in [0.3, 0.4) is 0 Å². The van der Waals surface area contributed by atoms with Crippen molar-refractivity contribution in [3.8, 4) is 0 Å². The molecule has 1 aromatic heterocycles. The molecule has 0 aliphatic carbocycles. The molecule has 3 aromatic rings. The van der Waals surface area contributed by atoms with E-state index in [9.17, 15) is 14.0 Å². The molecule has 1 N–H and O–H groups in total. The molecule has 0 atom stereocenters. The molecule has 2 amide bonds. The van der Waals surface area contributed by atoms with Gasteiger partial charge in [-0.05, 0) is 48.4 Å². The Labute approximate surface area is 196 Å². The molecule has 2 heterocycles. The van der Waals surface area contributed by atoms with E-state index in [1.807, 2.05) is 0 Å². The third kappa shape index (κ3) is 5.30. The number of thiocarbonyl (C=S) groups is 1. The standard InChI is InChI=1S/C21H15ClFN3O2S3/c22-13-5-8-15-16(11-13)30-20(24-15)25-18(27)2-1-9-26-19(28)17(31-21(26)29)10-12-3-6-14(23)7-4-12/h3-8,10-11H,1-2,9H2,(H,24,25,27)/b17-10-. The maximum Gasteiger partial charge on any atom is 0.266 e. The highest BCUT2D eigenvalue weighted by Crippen LogP contribution is 2.33. The molecule has 0 saturated carbocycles. The second kappa shape index (κ2) is 9.44. The summed E-state index contributed by atoms with van der Waals surface area (Å²) in [4.78, 5) is 31.2. The first kappa shape index (κ1) is 21.9. The van der Waals surface area contributed by atoms with Gasteiger partial charge in [-0.2, -0.15) is 0 Å². The lowest BCUT2D eigenvalue weighted by molar-refractivity contribution is -0.122. The van der Waals surface area contributed by atoms with E-state index in [4.69, 9.17) is 23.8 Å². The molecule has 1 fully saturated rings. The summed E-state index contributed by atoms with van der Waals surface area (Å²) < 4.78 is 14.4. The Morgan fingerprint density at radius 1 is 1.26 bits per heavy atom. The molecule has 0 spiro atoms. The van der Waals surface area contributed by atoms with E-state index in [0.717, 1.165) is 15.8 Å². The lowest BCUT2D eigenvalue weighted by atomic mass is 10.2. The average molecular weight is 492 g/mol. The summed E-state index contributed by atoms with van der Waals surface area (Å²) in [5, 5.41) is 3.91. The summed E-state index contributed by atoms with van der Waals surface area (Å²) in [6.45, 7) is 0.342. The molecule has 1 aliphatic rings. The Hall–Kier alpha value is -2.33. The van der Waals surface area contributed by atoms with Crippen LogP contribution in [0, 0.1) is 5.82 Å². The maximum absolute atomic E-state index is 13.1. The predicted octanol–water partition coefficient (Wildman–Crippen LogP) is 5.71. The van der Waals surface area contributed by atoms with Crippen molar-refractivity contribution in [2.75, 3.05) is 11.9 Å². The van der Waals surface area contributed by atoms with E-state index >= 15 is 0 Å². The van der Waals surface area contributed by atoms with Crippen molar-refractivity contribution >= 4 is 84.5 Å². The first-order chi connectivity index (χ1) is 14.9. The van der Waals surface area contributed by atoms with Gasteiger partial charge in [-0.25, -0.2) is 9.37 Å². The van der Waals surface area contributed by atoms with Crippen LogP contribution in [0.25, 0.3) is 16.3 Å². The molecule has 1 saturated heterocycles. The van der Waals surface area contributed by atoms with Crippen LogP contribution >= 0.6 is 46.9 Å². The van der Waals surface area contributed by atoms with Crippen molar-refractivity contribution in [3.63, 3.8) is 0 Å². The van der Waals surface area contributed by atoms with E-state index < -0.39 is 0 Å². The van der Waals surface area contributed by atoms with Crippen molar-refractivity contribution in [1.29, 1.82) is 0 Å². The number of thioether (sulfide) groups is 1. The first-order valence-electron chi connectivity index (χ1n) is 9.26. The first-order valence-corrected chi connectivity index (χ1v) is 11.7. The van der Waals surface area contributed by atoms with Gasteiger partial charge in [0, 0.05) is 18.0 Å². The second-order valence-electron chi connectivity index (χ2n) is 6.67. The average Bonchev–Trinajstić information content (AvgIpc) is 3.24. The molecule has 5 nitrogen and oxygen atoms in total. The highest BCUT2D eigenvalue weighted by atomic mass is 35.5. The van der Waals surface area contributed by atoms with Crippen molar-refractivity contribution in [1.82, 2.24) is 9.88 Å². The lowest BCUT2D eigenvalue weighted by Gasteiger charge is -2.13. The summed E-state index contributed by atoms with van der Waals surface area (Å²) in [7, 11) is 0. The van der Waals surface area contributed by atoms with E-state index in [1.165, 1.54) is 40.1 Å². The van der Waals surface area contributed by atoms with Crippen molar-refractivity contribution in [2.45, 2.75) is 12.8 Å². The Morgan fingerprint density at radius 3 is 2.81 bits per heavy atom. The fourth-order valence-corrected chi connectivity index (χ4v) is 5.40. The van der Waals surface area contributed by atoms with E-state index in [1.54, 1.807) is 36.4 Å². The van der Waals surface area contributed by atoms with Crippen LogP contribution < -0.4 is 5.32 Å². The van der Waals surface area contributed by atoms with Crippen LogP contribution in [0.4, 0.5) is 9.52 Å². The van der Waals surface area contributed by atoms with Crippen LogP contribution in [-0.2, 0) is 9.59 Å². The number of benzene rings is 2. The number of thiazole rings is 1. The summed E-state index contributed by atoms with van der Waals surface area (Å²) in [6, 6.07) is 11.2. The number of halogens is 2. The number of carbonyl (C=O) groups excluding carboxylic acids is 2. The van der Waals surface area contributed by atoms with Gasteiger partial charge in [0.1, 0.15) is 10.1 Å². The van der Waals surface area contributed by atoms with Crippen LogP contribution in [0.15, 0.2) is 47.4 Å². The summed E-state index contributed by atoms with van der Waals surface area (Å²) in [6.07, 6.45) is 2.37. The Bertz CT molecular complexity index is 1210. The third-order valence-electron chi connectivity index (χ3n) is 4.42. The van der Waals surface area contributed by atoms with Gasteiger partial charge >= 0.3 is 0 Å². The molecule has 31 heavy (non-hydrogen) atoms. The number of amides is 2. The van der Waals surface area contributed by atoms with Crippen molar-refractivity contribution < 1.29 is 14.0 Å². The predicted molar refractivity (Wildman–Crippen MR) is 129 cm³/mol. The van der Waals surface area contributed by atoms with Gasteiger partial charge in [-0.3, -0.25) is 14.5 Å². The molecule has 0 unspecified atom stereocenters. The number of aromatic nitrogens is 1. The van der Waals surface area contributed by atoms with Gasteiger partial charge < -0.3 is 5.32 Å². The zero-order chi connectivity index (χ0) is 22.0. The highest BCUT2D eigenvalue weighted by molar-refractivity contribution is 8.26. The largest absolute Gasteiger partial charge is 0.302 e. The topological polar surface area (TPSA) is 62.3 Å².